The molecule has 2 fully saturated rings. The van der Waals surface area contributed by atoms with Crippen molar-refractivity contribution < 1.29 is 4.79 Å². The molecule has 0 saturated heterocycles. The molecule has 2 aliphatic carbocycles. The van der Waals surface area contributed by atoms with Crippen LogP contribution in [0.3, 0.4) is 0 Å². The average Bonchev–Trinajstić information content (AvgIpc) is 3.20. The molecule has 3 atom stereocenters. The van der Waals surface area contributed by atoms with E-state index in [0.29, 0.717) is 18.9 Å². The van der Waals surface area contributed by atoms with Crippen LogP contribution >= 0.6 is 0 Å². The van der Waals surface area contributed by atoms with Crippen molar-refractivity contribution in [2.75, 3.05) is 0 Å². The van der Waals surface area contributed by atoms with Crippen LogP contribution in [0.5, 0.6) is 0 Å². The lowest BCUT2D eigenvalue weighted by Gasteiger charge is -2.20. The molecule has 2 aromatic heterocycles. The fraction of sp³-hybridized carbons (Fsp3) is 0.562. The summed E-state index contributed by atoms with van der Waals surface area (Å²) < 4.78 is 1.91. The molecule has 2 heterocycles. The lowest BCUT2D eigenvalue weighted by atomic mass is 9.86. The van der Waals surface area contributed by atoms with Crippen molar-refractivity contribution in [1.29, 1.82) is 0 Å². The fourth-order valence-electron chi connectivity index (χ4n) is 4.13. The van der Waals surface area contributed by atoms with Gasteiger partial charge in [-0.15, -0.1) is 10.2 Å². The second-order valence-electron chi connectivity index (χ2n) is 6.46. The molecule has 1 amide bonds. The van der Waals surface area contributed by atoms with Gasteiger partial charge in [-0.05, 0) is 49.1 Å². The number of hydrogen-bond donors (Lipinski definition) is 1. The van der Waals surface area contributed by atoms with E-state index in [2.05, 4.69) is 15.5 Å². The predicted octanol–water partition coefficient (Wildman–Crippen LogP) is 2.17. The Morgan fingerprint density at radius 3 is 3.05 bits per heavy atom. The monoisotopic (exact) mass is 284 g/mol. The van der Waals surface area contributed by atoms with Gasteiger partial charge < -0.3 is 5.32 Å². The molecule has 5 nitrogen and oxygen atoms in total. The van der Waals surface area contributed by atoms with E-state index in [1.54, 1.807) is 0 Å². The van der Waals surface area contributed by atoms with E-state index in [9.17, 15) is 4.79 Å². The maximum absolute atomic E-state index is 12.1. The van der Waals surface area contributed by atoms with Gasteiger partial charge in [0.1, 0.15) is 0 Å². The first kappa shape index (κ1) is 12.8. The SMILES string of the molecule is O=C(C[C@@H]1C[C@H]2CC[C@@H]1C2)NCc1nnc2ccccn12. The zero-order valence-corrected chi connectivity index (χ0v) is 12.0. The number of nitrogens with zero attached hydrogens (tertiary/aromatic N) is 3. The summed E-state index contributed by atoms with van der Waals surface area (Å²) in [4.78, 5) is 12.1. The molecule has 2 aliphatic rings. The summed E-state index contributed by atoms with van der Waals surface area (Å²) >= 11 is 0. The molecule has 1 N–H and O–H groups in total. The first-order valence-corrected chi connectivity index (χ1v) is 7.85. The molecule has 0 aliphatic heterocycles. The van der Waals surface area contributed by atoms with Crippen molar-refractivity contribution in [2.24, 2.45) is 17.8 Å². The van der Waals surface area contributed by atoms with Gasteiger partial charge in [0.2, 0.25) is 5.91 Å². The van der Waals surface area contributed by atoms with Crippen molar-refractivity contribution >= 4 is 11.6 Å². The molecule has 0 unspecified atom stereocenters. The number of carbonyl (C=O) groups excluding carboxylic acids is 1. The van der Waals surface area contributed by atoms with Gasteiger partial charge in [0, 0.05) is 12.6 Å². The molecule has 2 bridgehead atoms. The summed E-state index contributed by atoms with van der Waals surface area (Å²) in [5.74, 6) is 3.24. The smallest absolute Gasteiger partial charge is 0.220 e. The minimum absolute atomic E-state index is 0.153. The number of hydrogen-bond acceptors (Lipinski definition) is 3. The van der Waals surface area contributed by atoms with Crippen LogP contribution in [0.2, 0.25) is 0 Å². The summed E-state index contributed by atoms with van der Waals surface area (Å²) in [6.07, 6.45) is 7.93. The van der Waals surface area contributed by atoms with Gasteiger partial charge in [0.25, 0.3) is 0 Å². The number of fused-ring (bicyclic) bond motifs is 3. The quantitative estimate of drug-likeness (QED) is 0.936. The van der Waals surface area contributed by atoms with Gasteiger partial charge in [-0.1, -0.05) is 12.5 Å². The molecule has 2 saturated carbocycles. The van der Waals surface area contributed by atoms with E-state index >= 15 is 0 Å². The Kier molecular flexibility index (Phi) is 3.13. The number of rotatable bonds is 4. The number of nitrogens with one attached hydrogen (secondary N) is 1. The Labute approximate surface area is 123 Å². The predicted molar refractivity (Wildman–Crippen MR) is 78.4 cm³/mol. The Bertz CT molecular complexity index is 665. The standard InChI is InChI=1S/C16H20N4O/c21-16(9-13-8-11-4-5-12(13)7-11)17-10-15-19-18-14-3-1-2-6-20(14)15/h1-3,6,11-13H,4-5,7-10H2,(H,17,21)/t11-,12+,13-/m0/s1. The second kappa shape index (κ2) is 5.13. The molecule has 0 aromatic carbocycles. The normalized spacial score (nSPS) is 27.3. The summed E-state index contributed by atoms with van der Waals surface area (Å²) in [6, 6.07) is 5.78. The first-order valence-electron chi connectivity index (χ1n) is 7.85. The highest BCUT2D eigenvalue weighted by Crippen LogP contribution is 2.49. The summed E-state index contributed by atoms with van der Waals surface area (Å²) in [5.41, 5.74) is 0.815. The van der Waals surface area contributed by atoms with Crippen LogP contribution in [0.1, 0.15) is 37.9 Å². The number of amides is 1. The first-order chi connectivity index (χ1) is 10.3. The molecule has 4 rings (SSSR count). The highest BCUT2D eigenvalue weighted by molar-refractivity contribution is 5.76. The zero-order chi connectivity index (χ0) is 14.2. The second-order valence-corrected chi connectivity index (χ2v) is 6.46. The number of pyridine rings is 1. The zero-order valence-electron chi connectivity index (χ0n) is 12.0. The Morgan fingerprint density at radius 2 is 2.24 bits per heavy atom. The van der Waals surface area contributed by atoms with E-state index in [1.807, 2.05) is 28.8 Å². The van der Waals surface area contributed by atoms with Crippen LogP contribution in [-0.4, -0.2) is 20.5 Å². The molecule has 0 radical (unpaired) electrons. The van der Waals surface area contributed by atoms with Crippen molar-refractivity contribution in [1.82, 2.24) is 19.9 Å². The molecule has 21 heavy (non-hydrogen) atoms. The number of aromatic nitrogens is 3. The van der Waals surface area contributed by atoms with Crippen molar-refractivity contribution in [3.8, 4) is 0 Å². The van der Waals surface area contributed by atoms with Crippen molar-refractivity contribution in [3.63, 3.8) is 0 Å². The van der Waals surface area contributed by atoms with E-state index in [4.69, 9.17) is 0 Å². The maximum Gasteiger partial charge on any atom is 0.220 e. The van der Waals surface area contributed by atoms with Crippen LogP contribution in [-0.2, 0) is 11.3 Å². The lowest BCUT2D eigenvalue weighted by Crippen LogP contribution is -2.27. The van der Waals surface area contributed by atoms with Gasteiger partial charge in [0.15, 0.2) is 11.5 Å². The Balaban J connectivity index is 1.35. The van der Waals surface area contributed by atoms with Crippen LogP contribution in [0.15, 0.2) is 24.4 Å². The largest absolute Gasteiger partial charge is 0.349 e. The van der Waals surface area contributed by atoms with Crippen LogP contribution in [0, 0.1) is 17.8 Å². The molecular formula is C16H20N4O. The van der Waals surface area contributed by atoms with Gasteiger partial charge in [-0.25, -0.2) is 0 Å². The van der Waals surface area contributed by atoms with Crippen LogP contribution < -0.4 is 5.32 Å². The summed E-state index contributed by atoms with van der Waals surface area (Å²) in [6.45, 7) is 0.449. The highest BCUT2D eigenvalue weighted by Gasteiger charge is 2.40. The maximum atomic E-state index is 12.1. The molecule has 0 spiro atoms. The summed E-state index contributed by atoms with van der Waals surface area (Å²) in [5, 5.41) is 11.2. The molecule has 2 aromatic rings. The Hall–Kier alpha value is -1.91. The topological polar surface area (TPSA) is 59.3 Å². The molecule has 110 valence electrons. The van der Waals surface area contributed by atoms with E-state index in [1.165, 1.54) is 25.7 Å². The Morgan fingerprint density at radius 1 is 1.29 bits per heavy atom. The third kappa shape index (κ3) is 2.41. The highest BCUT2D eigenvalue weighted by atomic mass is 16.1. The third-order valence-electron chi connectivity index (χ3n) is 5.16. The van der Waals surface area contributed by atoms with Gasteiger partial charge in [0.05, 0.1) is 6.54 Å². The van der Waals surface area contributed by atoms with Crippen molar-refractivity contribution in [2.45, 2.75) is 38.6 Å². The van der Waals surface area contributed by atoms with Gasteiger partial charge in [-0.2, -0.15) is 0 Å². The van der Waals surface area contributed by atoms with E-state index in [0.717, 1.165) is 23.3 Å². The lowest BCUT2D eigenvalue weighted by molar-refractivity contribution is -0.122. The fourth-order valence-corrected chi connectivity index (χ4v) is 4.13. The van der Waals surface area contributed by atoms with Crippen LogP contribution in [0.4, 0.5) is 0 Å². The van der Waals surface area contributed by atoms with E-state index in [-0.39, 0.29) is 5.91 Å². The average molecular weight is 284 g/mol. The molecular weight excluding hydrogens is 264 g/mol. The van der Waals surface area contributed by atoms with Gasteiger partial charge >= 0.3 is 0 Å². The van der Waals surface area contributed by atoms with Crippen molar-refractivity contribution in [3.05, 3.63) is 30.2 Å². The summed E-state index contributed by atoms with van der Waals surface area (Å²) in [7, 11) is 0. The molecule has 5 heteroatoms. The third-order valence-corrected chi connectivity index (χ3v) is 5.16. The minimum Gasteiger partial charge on any atom is -0.349 e. The van der Waals surface area contributed by atoms with E-state index < -0.39 is 0 Å². The van der Waals surface area contributed by atoms with Gasteiger partial charge in [-0.3, -0.25) is 9.20 Å². The number of carbonyl (C=O) groups is 1. The minimum atomic E-state index is 0.153. The van der Waals surface area contributed by atoms with Crippen LogP contribution in [0.25, 0.3) is 5.65 Å².